The van der Waals surface area contributed by atoms with Crippen molar-refractivity contribution >= 4 is 0 Å². The second kappa shape index (κ2) is 3.58. The topological polar surface area (TPSA) is 24.1 Å². The van der Waals surface area contributed by atoms with E-state index in [4.69, 9.17) is 0 Å². The Morgan fingerprint density at radius 3 is 2.62 bits per heavy atom. The van der Waals surface area contributed by atoms with Gasteiger partial charge in [-0.05, 0) is 49.7 Å². The Hall–Kier alpha value is -0.0800. The first-order valence-electron chi connectivity index (χ1n) is 5.61. The Kier molecular flexibility index (Phi) is 2.61. The van der Waals surface area contributed by atoms with Crippen LogP contribution in [0.3, 0.4) is 0 Å². The van der Waals surface area contributed by atoms with Gasteiger partial charge in [0, 0.05) is 6.54 Å². The lowest BCUT2D eigenvalue weighted by molar-refractivity contribution is 0.240. The normalized spacial score (nSPS) is 28.2. The molecule has 13 heavy (non-hydrogen) atoms. The van der Waals surface area contributed by atoms with Gasteiger partial charge in [-0.2, -0.15) is 0 Å². The van der Waals surface area contributed by atoms with Crippen molar-refractivity contribution in [2.24, 2.45) is 17.3 Å². The molecule has 1 heterocycles. The molecule has 2 nitrogen and oxygen atoms in total. The third-order valence-electron chi connectivity index (χ3n) is 3.74. The van der Waals surface area contributed by atoms with Crippen LogP contribution in [0.25, 0.3) is 0 Å². The number of nitrogens with one attached hydrogen (secondary N) is 2. The minimum atomic E-state index is 0.664. The molecule has 0 amide bonds. The maximum absolute atomic E-state index is 3.61. The third kappa shape index (κ3) is 2.44. The van der Waals surface area contributed by atoms with E-state index in [0.29, 0.717) is 5.41 Å². The molecule has 2 fully saturated rings. The largest absolute Gasteiger partial charge is 0.316 e. The molecule has 1 unspecified atom stereocenters. The van der Waals surface area contributed by atoms with Gasteiger partial charge in [0.05, 0.1) is 0 Å². The van der Waals surface area contributed by atoms with Crippen LogP contribution >= 0.6 is 0 Å². The first kappa shape index (κ1) is 9.47. The minimum Gasteiger partial charge on any atom is -0.316 e. The molecule has 76 valence electrons. The summed E-state index contributed by atoms with van der Waals surface area (Å²) in [6, 6.07) is 0. The maximum Gasteiger partial charge on any atom is 0.000528 e. The molecule has 0 bridgehead atoms. The summed E-state index contributed by atoms with van der Waals surface area (Å²) in [7, 11) is 0. The van der Waals surface area contributed by atoms with Crippen molar-refractivity contribution in [1.29, 1.82) is 0 Å². The molecule has 0 aromatic carbocycles. The predicted molar refractivity (Wildman–Crippen MR) is 55.7 cm³/mol. The Morgan fingerprint density at radius 2 is 2.15 bits per heavy atom. The Balaban J connectivity index is 1.56. The van der Waals surface area contributed by atoms with Crippen LogP contribution in [0, 0.1) is 17.3 Å². The zero-order chi connectivity index (χ0) is 9.31. The van der Waals surface area contributed by atoms with Crippen molar-refractivity contribution in [1.82, 2.24) is 10.6 Å². The lowest BCUT2D eigenvalue weighted by Gasteiger charge is -2.33. The van der Waals surface area contributed by atoms with E-state index in [2.05, 4.69) is 24.5 Å². The van der Waals surface area contributed by atoms with Gasteiger partial charge < -0.3 is 10.6 Å². The summed E-state index contributed by atoms with van der Waals surface area (Å²) < 4.78 is 0. The molecule has 1 saturated heterocycles. The number of rotatable bonds is 5. The molecule has 2 heteroatoms. The maximum atomic E-state index is 3.61. The highest BCUT2D eigenvalue weighted by molar-refractivity contribution is 4.90. The summed E-state index contributed by atoms with van der Waals surface area (Å²) in [5.74, 6) is 1.78. The number of hydrogen-bond donors (Lipinski definition) is 2. The van der Waals surface area contributed by atoms with Crippen molar-refractivity contribution in [3.8, 4) is 0 Å². The molecule has 1 atom stereocenters. The summed E-state index contributed by atoms with van der Waals surface area (Å²) in [5, 5.41) is 6.94. The van der Waals surface area contributed by atoms with E-state index in [1.807, 2.05) is 0 Å². The van der Waals surface area contributed by atoms with Crippen molar-refractivity contribution < 1.29 is 0 Å². The lowest BCUT2D eigenvalue weighted by Crippen LogP contribution is -2.48. The molecular weight excluding hydrogens is 160 g/mol. The van der Waals surface area contributed by atoms with Crippen LogP contribution in [0.5, 0.6) is 0 Å². The summed E-state index contributed by atoms with van der Waals surface area (Å²) in [6.07, 6.45) is 2.86. The van der Waals surface area contributed by atoms with Gasteiger partial charge in [0.1, 0.15) is 0 Å². The van der Waals surface area contributed by atoms with Crippen LogP contribution in [0.15, 0.2) is 0 Å². The summed E-state index contributed by atoms with van der Waals surface area (Å²) in [4.78, 5) is 0. The van der Waals surface area contributed by atoms with Crippen molar-refractivity contribution in [2.45, 2.75) is 26.7 Å². The first-order valence-corrected chi connectivity index (χ1v) is 5.61. The Bertz CT molecular complexity index is 171. The standard InChI is InChI=1S/C11H22N2/c1-9(10-6-12-7-10)5-13-8-11(2)3-4-11/h9-10,12-13H,3-8H2,1-2H3. The summed E-state index contributed by atoms with van der Waals surface area (Å²) in [5.41, 5.74) is 0.664. The first-order chi connectivity index (χ1) is 6.20. The summed E-state index contributed by atoms with van der Waals surface area (Å²) in [6.45, 7) is 9.67. The van der Waals surface area contributed by atoms with Crippen molar-refractivity contribution in [3.63, 3.8) is 0 Å². The fourth-order valence-electron chi connectivity index (χ4n) is 1.87. The third-order valence-corrected chi connectivity index (χ3v) is 3.74. The van der Waals surface area contributed by atoms with Crippen LogP contribution in [0.4, 0.5) is 0 Å². The van der Waals surface area contributed by atoms with Gasteiger partial charge in [-0.25, -0.2) is 0 Å². The highest BCUT2D eigenvalue weighted by Crippen LogP contribution is 2.44. The molecule has 0 radical (unpaired) electrons. The number of hydrogen-bond acceptors (Lipinski definition) is 2. The fourth-order valence-corrected chi connectivity index (χ4v) is 1.87. The average Bonchev–Trinajstić information content (AvgIpc) is 2.64. The molecule has 1 aliphatic heterocycles. The minimum absolute atomic E-state index is 0.664. The van der Waals surface area contributed by atoms with Crippen molar-refractivity contribution in [2.75, 3.05) is 26.2 Å². The van der Waals surface area contributed by atoms with Gasteiger partial charge in [0.15, 0.2) is 0 Å². The second-order valence-electron chi connectivity index (χ2n) is 5.34. The SMILES string of the molecule is CC(CNCC1(C)CC1)C1CNC1. The van der Waals surface area contributed by atoms with Gasteiger partial charge in [0.2, 0.25) is 0 Å². The molecule has 2 N–H and O–H groups in total. The van der Waals surface area contributed by atoms with Gasteiger partial charge in [-0.3, -0.25) is 0 Å². The van der Waals surface area contributed by atoms with E-state index in [1.165, 1.54) is 39.0 Å². The van der Waals surface area contributed by atoms with Crippen LogP contribution in [-0.2, 0) is 0 Å². The van der Waals surface area contributed by atoms with E-state index in [9.17, 15) is 0 Å². The molecule has 0 aromatic rings. The van der Waals surface area contributed by atoms with E-state index in [0.717, 1.165) is 11.8 Å². The van der Waals surface area contributed by atoms with E-state index in [1.54, 1.807) is 0 Å². The monoisotopic (exact) mass is 182 g/mol. The molecule has 0 aromatic heterocycles. The average molecular weight is 182 g/mol. The highest BCUT2D eigenvalue weighted by atomic mass is 15.0. The Labute approximate surface area is 81.5 Å². The fraction of sp³-hybridized carbons (Fsp3) is 1.00. The van der Waals surface area contributed by atoms with Crippen LogP contribution in [0.1, 0.15) is 26.7 Å². The highest BCUT2D eigenvalue weighted by Gasteiger charge is 2.36. The van der Waals surface area contributed by atoms with Gasteiger partial charge in [-0.15, -0.1) is 0 Å². The predicted octanol–water partition coefficient (Wildman–Crippen LogP) is 1.23. The second-order valence-corrected chi connectivity index (χ2v) is 5.34. The zero-order valence-electron chi connectivity index (χ0n) is 8.90. The summed E-state index contributed by atoms with van der Waals surface area (Å²) >= 11 is 0. The zero-order valence-corrected chi connectivity index (χ0v) is 8.90. The molecule has 1 aliphatic carbocycles. The van der Waals surface area contributed by atoms with Crippen LogP contribution in [0.2, 0.25) is 0 Å². The molecule has 2 aliphatic rings. The van der Waals surface area contributed by atoms with Crippen LogP contribution in [-0.4, -0.2) is 26.2 Å². The molecule has 1 saturated carbocycles. The smallest absolute Gasteiger partial charge is 0.000528 e. The van der Waals surface area contributed by atoms with Gasteiger partial charge in [-0.1, -0.05) is 13.8 Å². The van der Waals surface area contributed by atoms with E-state index in [-0.39, 0.29) is 0 Å². The van der Waals surface area contributed by atoms with Gasteiger partial charge >= 0.3 is 0 Å². The quantitative estimate of drug-likeness (QED) is 0.668. The van der Waals surface area contributed by atoms with Crippen molar-refractivity contribution in [3.05, 3.63) is 0 Å². The molecule has 2 rings (SSSR count). The lowest BCUT2D eigenvalue weighted by atomic mass is 9.89. The van der Waals surface area contributed by atoms with E-state index < -0.39 is 0 Å². The van der Waals surface area contributed by atoms with Crippen LogP contribution < -0.4 is 10.6 Å². The molecular formula is C11H22N2. The Morgan fingerprint density at radius 1 is 1.46 bits per heavy atom. The molecule has 0 spiro atoms. The van der Waals surface area contributed by atoms with Gasteiger partial charge in [0.25, 0.3) is 0 Å². The van der Waals surface area contributed by atoms with E-state index >= 15 is 0 Å².